The van der Waals surface area contributed by atoms with E-state index in [1.807, 2.05) is 6.21 Å². The second-order valence-corrected chi connectivity index (χ2v) is 12.0. The smallest absolute Gasteiger partial charge is 0.446 e. The predicted octanol–water partition coefficient (Wildman–Crippen LogP) is 4.17. The molecule has 7 rings (SSSR count). The van der Waals surface area contributed by atoms with Gasteiger partial charge in [-0.3, -0.25) is 9.69 Å². The Balaban J connectivity index is 1.34. The van der Waals surface area contributed by atoms with E-state index in [0.717, 1.165) is 75.6 Å². The van der Waals surface area contributed by atoms with Crippen LogP contribution in [0.3, 0.4) is 0 Å². The SMILES string of the molecule is C=C[C@H](Oc1nc(-c2onc3c2CCC[C@@]32CCCCC2=O)nc2c1NC(=O)/[N+]2=C\C1CCOC1)[C@@H]1CCCN1C. The Bertz CT molecular complexity index is 1430. The van der Waals surface area contributed by atoms with Crippen molar-refractivity contribution in [2.75, 3.05) is 32.1 Å². The average Bonchev–Trinajstić information content (AvgIpc) is 3.78. The third-order valence-electron chi connectivity index (χ3n) is 9.56. The van der Waals surface area contributed by atoms with E-state index in [4.69, 9.17) is 24.0 Å². The van der Waals surface area contributed by atoms with Gasteiger partial charge in [0.15, 0.2) is 0 Å². The lowest BCUT2D eigenvalue weighted by atomic mass is 9.64. The summed E-state index contributed by atoms with van der Waals surface area (Å²) in [5, 5.41) is 7.43. The standard InChI is InChI=1S/C30H36N6O5/c1-3-21(20-9-7-14-35(20)2)40-28-23-27(36(29(38)31-23)16-18-11-15-39-17-18)32-26(33-28)24-19-8-6-13-30(25(19)34-41-24)12-5-4-10-22(30)37/h3,16,18,20-21H,1,4-15,17H2,2H3/p+1/b36-16-/t18?,20-,21-,30+/m0/s1. The lowest BCUT2D eigenvalue weighted by Crippen LogP contribution is -2.41. The molecule has 2 aromatic rings. The number of carbonyl (C=O) groups excluding carboxylic acids is 2. The summed E-state index contributed by atoms with van der Waals surface area (Å²) in [7, 11) is 2.08. The lowest BCUT2D eigenvalue weighted by Gasteiger charge is -2.37. The number of ketones is 1. The molecule has 2 aliphatic carbocycles. The minimum atomic E-state index is -0.579. The Morgan fingerprint density at radius 3 is 2.80 bits per heavy atom. The molecule has 2 aromatic heterocycles. The zero-order valence-electron chi connectivity index (χ0n) is 23.6. The molecule has 0 bridgehead atoms. The molecule has 11 heteroatoms. The van der Waals surface area contributed by atoms with Crippen LogP contribution >= 0.6 is 0 Å². The summed E-state index contributed by atoms with van der Waals surface area (Å²) < 4.78 is 19.6. The number of amides is 2. The molecule has 1 unspecified atom stereocenters. The molecular formula is C30H37N6O5+. The van der Waals surface area contributed by atoms with Crippen LogP contribution in [-0.4, -0.2) is 81.6 Å². The van der Waals surface area contributed by atoms with Gasteiger partial charge in [-0.15, -0.1) is 0 Å². The number of rotatable bonds is 6. The molecule has 1 N–H and O–H groups in total. The monoisotopic (exact) mass is 561 g/mol. The highest BCUT2D eigenvalue weighted by molar-refractivity contribution is 5.97. The lowest BCUT2D eigenvalue weighted by molar-refractivity contribution is -0.322. The minimum absolute atomic E-state index is 0.0951. The third kappa shape index (κ3) is 4.41. The van der Waals surface area contributed by atoms with E-state index >= 15 is 0 Å². The van der Waals surface area contributed by atoms with Crippen molar-refractivity contribution in [2.45, 2.75) is 81.8 Å². The first kappa shape index (κ1) is 26.5. The molecule has 3 aliphatic heterocycles. The quantitative estimate of drug-likeness (QED) is 0.409. The van der Waals surface area contributed by atoms with Crippen LogP contribution in [0.5, 0.6) is 5.88 Å². The number of ether oxygens (including phenoxy) is 2. The van der Waals surface area contributed by atoms with E-state index in [2.05, 4.69) is 29.0 Å². The van der Waals surface area contributed by atoms with Gasteiger partial charge in [0.2, 0.25) is 11.4 Å². The number of Topliss-reactive ketones (excluding diaryl/α,β-unsaturated/α-hetero) is 1. The van der Waals surface area contributed by atoms with Crippen molar-refractivity contribution in [3.8, 4) is 17.5 Å². The summed E-state index contributed by atoms with van der Waals surface area (Å²) in [5.74, 6) is 1.78. The fourth-order valence-electron chi connectivity index (χ4n) is 7.33. The van der Waals surface area contributed by atoms with Gasteiger partial charge in [-0.1, -0.05) is 23.1 Å². The van der Waals surface area contributed by atoms with E-state index in [-0.39, 0.29) is 35.8 Å². The zero-order chi connectivity index (χ0) is 28.1. The molecule has 5 heterocycles. The average molecular weight is 562 g/mol. The zero-order valence-corrected chi connectivity index (χ0v) is 23.6. The number of nitrogens with zero attached hydrogens (tertiary/aromatic N) is 5. The number of hydrogen-bond acceptors (Lipinski definition) is 9. The number of likely N-dealkylation sites (tertiary alicyclic amines) is 1. The topological polar surface area (TPSA) is 123 Å². The number of urea groups is 1. The van der Waals surface area contributed by atoms with E-state index < -0.39 is 5.41 Å². The van der Waals surface area contributed by atoms with Crippen LogP contribution in [0.4, 0.5) is 16.3 Å². The maximum Gasteiger partial charge on any atom is 0.446 e. The second-order valence-electron chi connectivity index (χ2n) is 12.0. The number of carbonyl (C=O) groups is 2. The first-order valence-corrected chi connectivity index (χ1v) is 15.0. The molecule has 4 atom stereocenters. The molecule has 5 aliphatic rings. The molecule has 1 saturated carbocycles. The van der Waals surface area contributed by atoms with Crippen molar-refractivity contribution in [2.24, 2.45) is 5.92 Å². The van der Waals surface area contributed by atoms with E-state index in [9.17, 15) is 9.59 Å². The molecule has 3 fully saturated rings. The molecule has 1 spiro atoms. The van der Waals surface area contributed by atoms with Gasteiger partial charge in [0.1, 0.15) is 17.6 Å². The Kier molecular flexibility index (Phi) is 6.73. The summed E-state index contributed by atoms with van der Waals surface area (Å²) in [5.41, 5.74) is 1.48. The van der Waals surface area contributed by atoms with Crippen LogP contribution in [0.15, 0.2) is 17.2 Å². The van der Waals surface area contributed by atoms with Crippen LogP contribution in [0, 0.1) is 5.92 Å². The molecular weight excluding hydrogens is 524 g/mol. The van der Waals surface area contributed by atoms with Crippen molar-refractivity contribution < 1.29 is 28.2 Å². The number of fused-ring (bicyclic) bond motifs is 3. The van der Waals surface area contributed by atoms with Crippen LogP contribution in [-0.2, 0) is 21.4 Å². The van der Waals surface area contributed by atoms with Gasteiger partial charge in [0.05, 0.1) is 24.3 Å². The summed E-state index contributed by atoms with van der Waals surface area (Å²) in [6.07, 6.45) is 11.9. The molecule has 0 radical (unpaired) electrons. The van der Waals surface area contributed by atoms with Crippen molar-refractivity contribution in [3.63, 3.8) is 0 Å². The Hall–Kier alpha value is -3.44. The largest absolute Gasteiger partial charge is 0.466 e. The van der Waals surface area contributed by atoms with Gasteiger partial charge in [-0.05, 0) is 71.0 Å². The number of anilines is 1. The Morgan fingerprint density at radius 1 is 1.17 bits per heavy atom. The van der Waals surface area contributed by atoms with Crippen LogP contribution in [0.1, 0.15) is 69.0 Å². The first-order chi connectivity index (χ1) is 20.0. The minimum Gasteiger partial charge on any atom is -0.466 e. The molecule has 2 saturated heterocycles. The highest BCUT2D eigenvalue weighted by Crippen LogP contribution is 2.48. The summed E-state index contributed by atoms with van der Waals surface area (Å²) in [4.78, 5) is 38.4. The van der Waals surface area contributed by atoms with E-state index in [1.165, 1.54) is 4.58 Å². The maximum absolute atomic E-state index is 13.2. The van der Waals surface area contributed by atoms with Crippen LogP contribution in [0.25, 0.3) is 11.6 Å². The van der Waals surface area contributed by atoms with Crippen LogP contribution < -0.4 is 10.1 Å². The van der Waals surface area contributed by atoms with E-state index in [1.54, 1.807) is 6.08 Å². The molecule has 41 heavy (non-hydrogen) atoms. The van der Waals surface area contributed by atoms with E-state index in [0.29, 0.717) is 42.7 Å². The molecule has 2 amide bonds. The van der Waals surface area contributed by atoms with Crippen molar-refractivity contribution in [1.82, 2.24) is 20.0 Å². The number of nitrogens with one attached hydrogen (secondary N) is 1. The fraction of sp³-hybridized carbons (Fsp3) is 0.600. The number of hydrogen-bond donors (Lipinski definition) is 1. The Morgan fingerprint density at radius 2 is 2.05 bits per heavy atom. The normalized spacial score (nSPS) is 29.5. The van der Waals surface area contributed by atoms with Gasteiger partial charge in [0, 0.05) is 24.5 Å². The van der Waals surface area contributed by atoms with Crippen molar-refractivity contribution >= 4 is 29.5 Å². The number of aromatic nitrogens is 3. The third-order valence-corrected chi connectivity index (χ3v) is 9.56. The van der Waals surface area contributed by atoms with Gasteiger partial charge < -0.3 is 14.0 Å². The summed E-state index contributed by atoms with van der Waals surface area (Å²) in [6.45, 7) is 6.24. The van der Waals surface area contributed by atoms with Gasteiger partial charge in [0.25, 0.3) is 11.7 Å². The van der Waals surface area contributed by atoms with Gasteiger partial charge >= 0.3 is 11.8 Å². The molecule has 216 valence electrons. The van der Waals surface area contributed by atoms with Crippen molar-refractivity contribution in [3.05, 3.63) is 23.9 Å². The summed E-state index contributed by atoms with van der Waals surface area (Å²) in [6, 6.07) is -0.171. The predicted molar refractivity (Wildman–Crippen MR) is 150 cm³/mol. The Labute approximate surface area is 239 Å². The maximum atomic E-state index is 13.2. The fourth-order valence-corrected chi connectivity index (χ4v) is 7.33. The van der Waals surface area contributed by atoms with Crippen molar-refractivity contribution in [1.29, 1.82) is 0 Å². The summed E-state index contributed by atoms with van der Waals surface area (Å²) >= 11 is 0. The molecule has 0 aromatic carbocycles. The highest BCUT2D eigenvalue weighted by atomic mass is 16.5. The highest BCUT2D eigenvalue weighted by Gasteiger charge is 2.49. The van der Waals surface area contributed by atoms with Gasteiger partial charge in [-0.25, -0.2) is 10.1 Å². The first-order valence-electron chi connectivity index (χ1n) is 15.0. The van der Waals surface area contributed by atoms with Crippen LogP contribution in [0.2, 0.25) is 0 Å². The molecule has 11 nitrogen and oxygen atoms in total. The number of likely N-dealkylation sites (N-methyl/N-ethyl adjacent to an activating group) is 1. The second kappa shape index (κ2) is 10.4. The van der Waals surface area contributed by atoms with Gasteiger partial charge in [-0.2, -0.15) is 9.56 Å².